The Morgan fingerprint density at radius 3 is 0.444 bits per heavy atom. The Kier molecular flexibility index (Phi) is 5060. The van der Waals surface area contributed by atoms with Gasteiger partial charge in [-0.1, -0.05) is 0 Å². The molecule has 142 valence electrons. The minimum absolute atomic E-state index is 0. The molecule has 12 nitrogen and oxygen atoms in total. The zero-order valence-electron chi connectivity index (χ0n) is 8.27. The zero-order valence-corrected chi connectivity index (χ0v) is 13.6. The fraction of sp³-hybridized carbons (Fsp3) is 0. The molecule has 0 saturated carbocycles. The Morgan fingerprint density at radius 2 is 0.444 bits per heavy atom. The molecule has 0 aromatic carbocycles. The van der Waals surface area contributed by atoms with Crippen molar-refractivity contribution in [2.45, 2.75) is 0 Å². The Morgan fingerprint density at radius 1 is 0.444 bits per heavy atom. The quantitative estimate of drug-likeness (QED) is 0.312. The molecule has 0 bridgehead atoms. The van der Waals surface area contributed by atoms with Crippen molar-refractivity contribution in [2.75, 3.05) is 0 Å². The molecule has 0 aliphatic carbocycles. The van der Waals surface area contributed by atoms with E-state index >= 15 is 0 Å². The molecule has 24 N–H and O–H groups in total. The van der Waals surface area contributed by atoms with E-state index in [2.05, 4.69) is 30.4 Å². The van der Waals surface area contributed by atoms with Crippen LogP contribution in [-0.2, 0) is 25.8 Å². The summed E-state index contributed by atoms with van der Waals surface area (Å²) in [5, 5.41) is 0. The van der Waals surface area contributed by atoms with E-state index in [4.69, 9.17) is 10.1 Å². The SMILES string of the molecule is O.O.O.O.O.O.O.O.O.O.O.O.[ClH+][Co][ClH+].[Cl][Co][ClH+]. The molecular weight excluding hydrogens is 452 g/mol. The van der Waals surface area contributed by atoms with Crippen molar-refractivity contribution >= 4 is 10.1 Å². The third-order valence-corrected chi connectivity index (χ3v) is 0. The maximum atomic E-state index is 4.78. The molecule has 0 spiro atoms. The van der Waals surface area contributed by atoms with Gasteiger partial charge in [0, 0.05) is 0 Å². The summed E-state index contributed by atoms with van der Waals surface area (Å²) in [5.41, 5.74) is 0. The molecule has 0 rings (SSSR count). The molecule has 0 atom stereocenters. The van der Waals surface area contributed by atoms with E-state index in [1.54, 1.807) is 0 Å². The summed E-state index contributed by atoms with van der Waals surface area (Å²) in [6, 6.07) is 0. The molecule has 0 saturated heterocycles. The summed E-state index contributed by atoms with van der Waals surface area (Å²) < 4.78 is 0. The normalized spacial score (nSPS) is 2.44. The van der Waals surface area contributed by atoms with E-state index in [9.17, 15) is 0 Å². The predicted octanol–water partition coefficient (Wildman–Crippen LogP) is -10.0. The summed E-state index contributed by atoms with van der Waals surface area (Å²) >= 11 is 1.10. The Bertz CT molecular complexity index is 24.0. The first-order chi connectivity index (χ1) is 2.83. The van der Waals surface area contributed by atoms with Crippen LogP contribution in [0.15, 0.2) is 0 Å². The van der Waals surface area contributed by atoms with Crippen LogP contribution in [0.5, 0.6) is 0 Å². The first kappa shape index (κ1) is 212. The van der Waals surface area contributed by atoms with Crippen LogP contribution in [0.25, 0.3) is 0 Å². The van der Waals surface area contributed by atoms with Crippen molar-refractivity contribution in [3.05, 3.63) is 0 Å². The van der Waals surface area contributed by atoms with Crippen LogP contribution in [0.1, 0.15) is 0 Å². The van der Waals surface area contributed by atoms with Gasteiger partial charge in [0.15, 0.2) is 0 Å². The van der Waals surface area contributed by atoms with Gasteiger partial charge in [0.1, 0.15) is 0 Å². The van der Waals surface area contributed by atoms with Crippen molar-refractivity contribution in [2.24, 2.45) is 0 Å². The standard InChI is InChI=1S/4ClH.2Co.12H2O/h4*1H;;;12*1H2/q;;;;2*+2;;;;;;;;;;;;/p-1. The van der Waals surface area contributed by atoms with Crippen molar-refractivity contribution < 1.29 is 122 Å². The monoisotopic (exact) mass is 477 g/mol. The first-order valence-corrected chi connectivity index (χ1v) is 6.61. The average molecular weight is 479 g/mol. The van der Waals surface area contributed by atoms with Gasteiger partial charge < -0.3 is 65.7 Å². The van der Waals surface area contributed by atoms with Crippen LogP contribution in [0.4, 0.5) is 0 Å². The molecule has 18 heteroatoms. The van der Waals surface area contributed by atoms with Crippen LogP contribution in [0.3, 0.4) is 0 Å². The van der Waals surface area contributed by atoms with E-state index in [0.29, 0.717) is 25.8 Å². The molecular formula is H27Cl4Co2O12+3. The minimum atomic E-state index is 0. The van der Waals surface area contributed by atoms with E-state index in [-0.39, 0.29) is 65.7 Å². The second-order valence-corrected chi connectivity index (χ2v) is 3.97. The molecule has 0 fully saturated rings. The van der Waals surface area contributed by atoms with Crippen LogP contribution in [0, 0.1) is 30.4 Å². The van der Waals surface area contributed by atoms with Gasteiger partial charge >= 0.3 is 66.4 Å². The first-order valence-electron chi connectivity index (χ1n) is 0.534. The molecule has 0 aromatic rings. The topological polar surface area (TPSA) is 378 Å². The van der Waals surface area contributed by atoms with E-state index in [1.165, 1.54) is 0 Å². The Labute approximate surface area is 132 Å². The summed E-state index contributed by atoms with van der Waals surface area (Å²) in [5.74, 6) is 0. The van der Waals surface area contributed by atoms with Gasteiger partial charge in [-0.05, 0) is 0 Å². The summed E-state index contributed by atoms with van der Waals surface area (Å²) in [7, 11) is 17.3. The zero-order chi connectivity index (χ0) is 5.41. The predicted molar refractivity (Wildman–Crippen MR) is 53.4 cm³/mol. The van der Waals surface area contributed by atoms with Gasteiger partial charge in [-0.25, -0.2) is 0 Å². The van der Waals surface area contributed by atoms with Crippen molar-refractivity contribution in [3.63, 3.8) is 0 Å². The van der Waals surface area contributed by atoms with Crippen LogP contribution < -0.4 is 0 Å². The molecule has 0 heterocycles. The van der Waals surface area contributed by atoms with Gasteiger partial charge in [-0.3, -0.25) is 0 Å². The van der Waals surface area contributed by atoms with Crippen molar-refractivity contribution in [1.29, 1.82) is 0 Å². The number of rotatable bonds is 0. The molecule has 0 radical (unpaired) electrons. The summed E-state index contributed by atoms with van der Waals surface area (Å²) in [6.45, 7) is 0. The van der Waals surface area contributed by atoms with Gasteiger partial charge in [0.05, 0.1) is 0 Å². The molecule has 0 aliphatic heterocycles. The van der Waals surface area contributed by atoms with E-state index in [1.807, 2.05) is 0 Å². The second kappa shape index (κ2) is 429. The third-order valence-electron chi connectivity index (χ3n) is 0. The Balaban J connectivity index is -0.000000000889. The van der Waals surface area contributed by atoms with E-state index in [0.717, 1.165) is 0 Å². The fourth-order valence-corrected chi connectivity index (χ4v) is 0. The van der Waals surface area contributed by atoms with Crippen LogP contribution in [0.2, 0.25) is 0 Å². The fourth-order valence-electron chi connectivity index (χ4n) is 0. The molecule has 0 unspecified atom stereocenters. The van der Waals surface area contributed by atoms with Gasteiger partial charge in [-0.2, -0.15) is 0 Å². The number of hydrogen-bond donors (Lipinski definition) is 0. The third kappa shape index (κ3) is 1720. The second-order valence-electron chi connectivity index (χ2n) is 0.107. The number of halogens is 4. The van der Waals surface area contributed by atoms with Gasteiger partial charge in [0.25, 0.3) is 0 Å². The van der Waals surface area contributed by atoms with Crippen LogP contribution in [-0.4, -0.2) is 65.7 Å². The van der Waals surface area contributed by atoms with Gasteiger partial charge in [-0.15, -0.1) is 0 Å². The summed E-state index contributed by atoms with van der Waals surface area (Å²) in [4.78, 5) is 0. The van der Waals surface area contributed by atoms with Crippen molar-refractivity contribution in [1.82, 2.24) is 0 Å². The number of hydrogen-bond acceptors (Lipinski definition) is 0. The maximum absolute atomic E-state index is 4.78. The molecule has 18 heavy (non-hydrogen) atoms. The van der Waals surface area contributed by atoms with Crippen LogP contribution >= 0.6 is 10.1 Å². The molecule has 0 aliphatic rings. The molecule has 0 aromatic heterocycles. The molecule has 0 amide bonds. The van der Waals surface area contributed by atoms with Crippen molar-refractivity contribution in [3.8, 4) is 0 Å². The van der Waals surface area contributed by atoms with E-state index < -0.39 is 0 Å². The van der Waals surface area contributed by atoms with Gasteiger partial charge in [0.2, 0.25) is 0 Å². The average Bonchev–Trinajstić information content (AvgIpc) is 1.39. The summed E-state index contributed by atoms with van der Waals surface area (Å²) in [6.07, 6.45) is 0. The Hall–Kier alpha value is 1.69.